The molecule has 2 fully saturated rings. The molecule has 0 saturated heterocycles. The highest BCUT2D eigenvalue weighted by atomic mass is 16.3. The van der Waals surface area contributed by atoms with Crippen molar-refractivity contribution in [1.29, 1.82) is 0 Å². The highest BCUT2D eigenvalue weighted by Gasteiger charge is 2.26. The molecule has 3 heteroatoms. The molecule has 2 aliphatic rings. The number of aliphatic hydroxyl groups excluding tert-OH is 1. The number of nitrogens with zero attached hydrogens (tertiary/aromatic N) is 1. The van der Waals surface area contributed by atoms with Crippen LogP contribution < -0.4 is 0 Å². The fourth-order valence-corrected chi connectivity index (χ4v) is 3.64. The van der Waals surface area contributed by atoms with Gasteiger partial charge in [0.15, 0.2) is 0 Å². The van der Waals surface area contributed by atoms with E-state index >= 15 is 0 Å². The average molecular weight is 248 g/mol. The van der Waals surface area contributed by atoms with E-state index in [1.807, 2.05) is 0 Å². The standard InChI is InChI=1S/C15H24N2O/c1-10-14(11-4-2-3-5-11)17-15(16-10)12-6-8-13(18)9-7-12/h11-13,18H,2-9H2,1H3,(H,16,17). The van der Waals surface area contributed by atoms with Crippen LogP contribution in [0.3, 0.4) is 0 Å². The van der Waals surface area contributed by atoms with E-state index in [4.69, 9.17) is 4.98 Å². The Morgan fingerprint density at radius 2 is 1.67 bits per heavy atom. The molecule has 0 aromatic carbocycles. The van der Waals surface area contributed by atoms with Crippen LogP contribution in [-0.2, 0) is 0 Å². The van der Waals surface area contributed by atoms with E-state index in [2.05, 4.69) is 11.9 Å². The Bertz CT molecular complexity index is 399. The zero-order chi connectivity index (χ0) is 12.5. The van der Waals surface area contributed by atoms with Crippen LogP contribution in [0.4, 0.5) is 0 Å². The van der Waals surface area contributed by atoms with Gasteiger partial charge in [-0.25, -0.2) is 4.98 Å². The van der Waals surface area contributed by atoms with Crippen LogP contribution in [0, 0.1) is 6.92 Å². The monoisotopic (exact) mass is 248 g/mol. The second kappa shape index (κ2) is 5.04. The first-order valence-electron chi connectivity index (χ1n) is 7.48. The Kier molecular flexibility index (Phi) is 3.42. The molecule has 2 saturated carbocycles. The molecule has 2 N–H and O–H groups in total. The minimum Gasteiger partial charge on any atom is -0.393 e. The number of aryl methyl sites for hydroxylation is 1. The molecule has 2 aliphatic carbocycles. The van der Waals surface area contributed by atoms with Crippen molar-refractivity contribution in [3.63, 3.8) is 0 Å². The van der Waals surface area contributed by atoms with Crippen molar-refractivity contribution in [3.05, 3.63) is 17.2 Å². The lowest BCUT2D eigenvalue weighted by Crippen LogP contribution is -2.17. The Hall–Kier alpha value is -0.830. The van der Waals surface area contributed by atoms with Crippen LogP contribution in [0.5, 0.6) is 0 Å². The van der Waals surface area contributed by atoms with E-state index in [-0.39, 0.29) is 6.10 Å². The second-order valence-corrected chi connectivity index (χ2v) is 6.12. The highest BCUT2D eigenvalue weighted by Crippen LogP contribution is 2.37. The van der Waals surface area contributed by atoms with Gasteiger partial charge in [-0.3, -0.25) is 0 Å². The molecular formula is C15H24N2O. The maximum Gasteiger partial charge on any atom is 0.109 e. The number of imidazole rings is 1. The smallest absolute Gasteiger partial charge is 0.109 e. The van der Waals surface area contributed by atoms with Crippen molar-refractivity contribution in [1.82, 2.24) is 9.97 Å². The molecule has 100 valence electrons. The Morgan fingerprint density at radius 1 is 1.00 bits per heavy atom. The van der Waals surface area contributed by atoms with Crippen molar-refractivity contribution in [2.75, 3.05) is 0 Å². The van der Waals surface area contributed by atoms with E-state index < -0.39 is 0 Å². The molecule has 0 amide bonds. The highest BCUT2D eigenvalue weighted by molar-refractivity contribution is 5.20. The SMILES string of the molecule is Cc1[nH]c(C2CCC(O)CC2)nc1C1CCCC1. The van der Waals surface area contributed by atoms with E-state index in [1.165, 1.54) is 42.9 Å². The molecule has 0 unspecified atom stereocenters. The maximum absolute atomic E-state index is 9.58. The zero-order valence-electron chi connectivity index (χ0n) is 11.3. The molecule has 3 nitrogen and oxygen atoms in total. The van der Waals surface area contributed by atoms with Gasteiger partial charge in [0.05, 0.1) is 11.8 Å². The Balaban J connectivity index is 1.75. The van der Waals surface area contributed by atoms with Gasteiger partial charge in [0, 0.05) is 17.5 Å². The first kappa shape index (κ1) is 12.2. The summed E-state index contributed by atoms with van der Waals surface area (Å²) in [4.78, 5) is 8.42. The largest absolute Gasteiger partial charge is 0.393 e. The molecular weight excluding hydrogens is 224 g/mol. The van der Waals surface area contributed by atoms with Crippen LogP contribution in [0.15, 0.2) is 0 Å². The lowest BCUT2D eigenvalue weighted by molar-refractivity contribution is 0.121. The molecule has 0 atom stereocenters. The second-order valence-electron chi connectivity index (χ2n) is 6.12. The quantitative estimate of drug-likeness (QED) is 0.842. The fourth-order valence-electron chi connectivity index (χ4n) is 3.64. The van der Waals surface area contributed by atoms with Gasteiger partial charge in [-0.05, 0) is 45.4 Å². The third-order valence-electron chi connectivity index (χ3n) is 4.77. The van der Waals surface area contributed by atoms with Crippen molar-refractivity contribution >= 4 is 0 Å². The van der Waals surface area contributed by atoms with Gasteiger partial charge in [0.1, 0.15) is 5.82 Å². The van der Waals surface area contributed by atoms with Crippen LogP contribution in [0.1, 0.15) is 80.4 Å². The summed E-state index contributed by atoms with van der Waals surface area (Å²) in [6, 6.07) is 0. The van der Waals surface area contributed by atoms with Crippen LogP contribution in [0.2, 0.25) is 0 Å². The summed E-state index contributed by atoms with van der Waals surface area (Å²) in [5, 5.41) is 9.58. The number of H-pyrrole nitrogens is 1. The summed E-state index contributed by atoms with van der Waals surface area (Å²) >= 11 is 0. The summed E-state index contributed by atoms with van der Waals surface area (Å²) in [7, 11) is 0. The summed E-state index contributed by atoms with van der Waals surface area (Å²) in [6.45, 7) is 2.17. The topological polar surface area (TPSA) is 48.9 Å². The lowest BCUT2D eigenvalue weighted by Gasteiger charge is -2.23. The van der Waals surface area contributed by atoms with Crippen LogP contribution in [0.25, 0.3) is 0 Å². The van der Waals surface area contributed by atoms with Gasteiger partial charge in [-0.1, -0.05) is 12.8 Å². The third kappa shape index (κ3) is 2.33. The van der Waals surface area contributed by atoms with Crippen LogP contribution >= 0.6 is 0 Å². The fraction of sp³-hybridized carbons (Fsp3) is 0.800. The molecule has 0 aliphatic heterocycles. The summed E-state index contributed by atoms with van der Waals surface area (Å²) in [6.07, 6.45) is 9.31. The number of hydrogen-bond donors (Lipinski definition) is 2. The minimum atomic E-state index is -0.0772. The van der Waals surface area contributed by atoms with Gasteiger partial charge in [-0.15, -0.1) is 0 Å². The summed E-state index contributed by atoms with van der Waals surface area (Å²) in [5.41, 5.74) is 2.61. The van der Waals surface area contributed by atoms with Gasteiger partial charge < -0.3 is 10.1 Å². The van der Waals surface area contributed by atoms with Gasteiger partial charge in [0.2, 0.25) is 0 Å². The minimum absolute atomic E-state index is 0.0772. The van der Waals surface area contributed by atoms with Crippen molar-refractivity contribution in [2.45, 2.75) is 76.2 Å². The first-order valence-corrected chi connectivity index (χ1v) is 7.48. The van der Waals surface area contributed by atoms with E-state index in [9.17, 15) is 5.11 Å². The molecule has 0 radical (unpaired) electrons. The zero-order valence-corrected chi connectivity index (χ0v) is 11.3. The van der Waals surface area contributed by atoms with Crippen molar-refractivity contribution in [3.8, 4) is 0 Å². The summed E-state index contributed by atoms with van der Waals surface area (Å²) < 4.78 is 0. The summed E-state index contributed by atoms with van der Waals surface area (Å²) in [5.74, 6) is 2.42. The van der Waals surface area contributed by atoms with E-state index in [1.54, 1.807) is 0 Å². The molecule has 0 spiro atoms. The molecule has 0 bridgehead atoms. The number of aromatic amines is 1. The van der Waals surface area contributed by atoms with Gasteiger partial charge >= 0.3 is 0 Å². The average Bonchev–Trinajstić information content (AvgIpc) is 2.99. The number of rotatable bonds is 2. The number of aliphatic hydroxyl groups is 1. The first-order chi connectivity index (χ1) is 8.74. The number of nitrogens with one attached hydrogen (secondary N) is 1. The van der Waals surface area contributed by atoms with Crippen molar-refractivity contribution in [2.24, 2.45) is 0 Å². The van der Waals surface area contributed by atoms with E-state index in [0.29, 0.717) is 11.8 Å². The lowest BCUT2D eigenvalue weighted by atomic mass is 9.87. The molecule has 18 heavy (non-hydrogen) atoms. The Morgan fingerprint density at radius 3 is 2.33 bits per heavy atom. The maximum atomic E-state index is 9.58. The third-order valence-corrected chi connectivity index (χ3v) is 4.77. The van der Waals surface area contributed by atoms with E-state index in [0.717, 1.165) is 25.7 Å². The molecule has 3 rings (SSSR count). The molecule has 1 aromatic rings. The van der Waals surface area contributed by atoms with Gasteiger partial charge in [0.25, 0.3) is 0 Å². The molecule has 1 aromatic heterocycles. The predicted octanol–water partition coefficient (Wildman–Crippen LogP) is 3.39. The number of aromatic nitrogens is 2. The molecule has 1 heterocycles. The van der Waals surface area contributed by atoms with Crippen molar-refractivity contribution < 1.29 is 5.11 Å². The number of hydrogen-bond acceptors (Lipinski definition) is 2. The van der Waals surface area contributed by atoms with Gasteiger partial charge in [-0.2, -0.15) is 0 Å². The van der Waals surface area contributed by atoms with Crippen LogP contribution in [-0.4, -0.2) is 21.2 Å². The predicted molar refractivity (Wildman–Crippen MR) is 71.7 cm³/mol. The normalized spacial score (nSPS) is 29.9. The Labute approximate surface area is 109 Å².